The van der Waals surface area contributed by atoms with Crippen molar-refractivity contribution in [2.24, 2.45) is 0 Å². The van der Waals surface area contributed by atoms with Crippen molar-refractivity contribution in [2.45, 2.75) is 13.0 Å². The highest BCUT2D eigenvalue weighted by atomic mass is 16.5. The average molecular weight is 181 g/mol. The van der Waals surface area contributed by atoms with Crippen molar-refractivity contribution >= 4 is 0 Å². The number of hydrogen-bond donors (Lipinski definition) is 1. The second-order valence-electron chi connectivity index (χ2n) is 3.02. The second-order valence-corrected chi connectivity index (χ2v) is 3.02. The van der Waals surface area contributed by atoms with Gasteiger partial charge in [-0.15, -0.1) is 0 Å². The van der Waals surface area contributed by atoms with Crippen molar-refractivity contribution in [3.05, 3.63) is 24.0 Å². The fraction of sp³-hybridized carbons (Fsp3) is 0.444. The first-order chi connectivity index (χ1) is 6.42. The van der Waals surface area contributed by atoms with Crippen LogP contribution in [0.3, 0.4) is 0 Å². The molecule has 1 aliphatic rings. The van der Waals surface area contributed by atoms with Gasteiger partial charge >= 0.3 is 0 Å². The number of hydrogen-bond acceptors (Lipinski definition) is 3. The summed E-state index contributed by atoms with van der Waals surface area (Å²) in [5.41, 5.74) is 1.10. The topological polar surface area (TPSA) is 51.9 Å². The Bertz CT molecular complexity index is 307. The quantitative estimate of drug-likeness (QED) is 0.660. The minimum absolute atomic E-state index is 0.485. The normalized spacial score (nSPS) is 15.1. The van der Waals surface area contributed by atoms with Gasteiger partial charge in [0, 0.05) is 0 Å². The van der Waals surface area contributed by atoms with Crippen LogP contribution in [-0.2, 0) is 13.0 Å². The molecular formula is C9H13N2O2+. The lowest BCUT2D eigenvalue weighted by molar-refractivity contribution is -0.673. The highest BCUT2D eigenvalue weighted by molar-refractivity contribution is 5.28. The molecule has 1 aromatic rings. The van der Waals surface area contributed by atoms with Gasteiger partial charge in [-0.1, -0.05) is 12.7 Å². The first kappa shape index (κ1) is 8.31. The van der Waals surface area contributed by atoms with Crippen LogP contribution in [0.1, 0.15) is 11.3 Å². The predicted molar refractivity (Wildman–Crippen MR) is 46.4 cm³/mol. The molecule has 0 radical (unpaired) electrons. The van der Waals surface area contributed by atoms with E-state index >= 15 is 0 Å². The van der Waals surface area contributed by atoms with E-state index in [4.69, 9.17) is 9.26 Å². The third-order valence-corrected chi connectivity index (χ3v) is 2.10. The van der Waals surface area contributed by atoms with Crippen LogP contribution in [-0.4, -0.2) is 18.3 Å². The van der Waals surface area contributed by atoms with Crippen LogP contribution in [0, 0.1) is 0 Å². The minimum atomic E-state index is 0.485. The summed E-state index contributed by atoms with van der Waals surface area (Å²) in [6.07, 6.45) is 2.65. The Morgan fingerprint density at radius 2 is 2.62 bits per heavy atom. The van der Waals surface area contributed by atoms with Crippen LogP contribution >= 0.6 is 0 Å². The molecule has 1 aliphatic heterocycles. The van der Waals surface area contributed by atoms with Crippen LogP contribution in [0.25, 0.3) is 0 Å². The zero-order valence-electron chi connectivity index (χ0n) is 7.45. The Kier molecular flexibility index (Phi) is 2.31. The van der Waals surface area contributed by atoms with Crippen molar-refractivity contribution < 1.29 is 14.6 Å². The summed E-state index contributed by atoms with van der Waals surface area (Å²) in [5, 5.41) is 6.09. The molecule has 2 heterocycles. The maximum atomic E-state index is 5.35. The maximum absolute atomic E-state index is 5.35. The van der Waals surface area contributed by atoms with Gasteiger partial charge in [0.15, 0.2) is 5.76 Å². The minimum Gasteiger partial charge on any atom is -0.471 e. The van der Waals surface area contributed by atoms with Crippen LogP contribution in [0.4, 0.5) is 0 Å². The Morgan fingerprint density at radius 1 is 1.69 bits per heavy atom. The van der Waals surface area contributed by atoms with E-state index < -0.39 is 0 Å². The van der Waals surface area contributed by atoms with Gasteiger partial charge in [0.05, 0.1) is 13.0 Å². The van der Waals surface area contributed by atoms with E-state index in [-0.39, 0.29) is 0 Å². The summed E-state index contributed by atoms with van der Waals surface area (Å²) in [6, 6.07) is 0. The highest BCUT2D eigenvalue weighted by Crippen LogP contribution is 2.21. The molecule has 4 heteroatoms. The molecule has 1 aromatic heterocycles. The molecule has 2 N–H and O–H groups in total. The van der Waals surface area contributed by atoms with Gasteiger partial charge in [-0.3, -0.25) is 0 Å². The number of ether oxygens (including phenoxy) is 1. The molecule has 0 unspecified atom stereocenters. The second kappa shape index (κ2) is 3.62. The fourth-order valence-corrected chi connectivity index (χ4v) is 1.45. The van der Waals surface area contributed by atoms with Crippen LogP contribution in [0.5, 0.6) is 5.88 Å². The summed E-state index contributed by atoms with van der Waals surface area (Å²) in [5.74, 6) is 1.60. The van der Waals surface area contributed by atoms with E-state index in [1.807, 2.05) is 0 Å². The molecule has 0 spiro atoms. The molecule has 0 aliphatic carbocycles. The summed E-state index contributed by atoms with van der Waals surface area (Å²) in [6.45, 7) is 6.05. The molecule has 4 nitrogen and oxygen atoms in total. The molecule has 70 valence electrons. The zero-order valence-corrected chi connectivity index (χ0v) is 7.45. The third kappa shape index (κ3) is 1.58. The highest BCUT2D eigenvalue weighted by Gasteiger charge is 2.22. The molecule has 13 heavy (non-hydrogen) atoms. The average Bonchev–Trinajstić information content (AvgIpc) is 2.58. The van der Waals surface area contributed by atoms with Gasteiger partial charge in [-0.2, -0.15) is 0 Å². The monoisotopic (exact) mass is 181 g/mol. The maximum Gasteiger partial charge on any atom is 0.263 e. The van der Waals surface area contributed by atoms with Gasteiger partial charge < -0.3 is 14.6 Å². The van der Waals surface area contributed by atoms with Crippen molar-refractivity contribution in [3.63, 3.8) is 0 Å². The van der Waals surface area contributed by atoms with E-state index in [0.29, 0.717) is 12.5 Å². The van der Waals surface area contributed by atoms with Crippen molar-refractivity contribution in [3.8, 4) is 5.88 Å². The molecule has 2 rings (SSSR count). The largest absolute Gasteiger partial charge is 0.471 e. The van der Waals surface area contributed by atoms with Crippen LogP contribution in [0.15, 0.2) is 17.2 Å². The molecule has 0 amide bonds. The summed E-state index contributed by atoms with van der Waals surface area (Å²) in [4.78, 5) is 0. The molecule has 0 saturated carbocycles. The molecule has 0 fully saturated rings. The number of rotatable bonds is 3. The number of aromatic nitrogens is 1. The van der Waals surface area contributed by atoms with Gasteiger partial charge in [0.25, 0.3) is 5.88 Å². The third-order valence-electron chi connectivity index (χ3n) is 2.10. The standard InChI is InChI=1S/C9H12N2O2/c1-2-5-12-9-7-6-10-4-3-8(7)13-11-9/h2,10H,1,3-6H2/p+1. The summed E-state index contributed by atoms with van der Waals surface area (Å²) < 4.78 is 10.5. The lowest BCUT2D eigenvalue weighted by Gasteiger charge is -2.07. The van der Waals surface area contributed by atoms with E-state index in [1.165, 1.54) is 0 Å². The summed E-state index contributed by atoms with van der Waals surface area (Å²) >= 11 is 0. The SMILES string of the molecule is C=CCOc1noc2c1C[NH2+]CC2. The molecular weight excluding hydrogens is 168 g/mol. The number of fused-ring (bicyclic) bond motifs is 1. The lowest BCUT2D eigenvalue weighted by Crippen LogP contribution is -2.84. The van der Waals surface area contributed by atoms with E-state index in [1.54, 1.807) is 6.08 Å². The first-order valence-corrected chi connectivity index (χ1v) is 4.44. The Morgan fingerprint density at radius 3 is 3.46 bits per heavy atom. The van der Waals surface area contributed by atoms with Gasteiger partial charge in [0.1, 0.15) is 18.7 Å². The van der Waals surface area contributed by atoms with Crippen molar-refractivity contribution in [2.75, 3.05) is 13.2 Å². The summed E-state index contributed by atoms with van der Waals surface area (Å²) in [7, 11) is 0. The van der Waals surface area contributed by atoms with Crippen molar-refractivity contribution in [1.82, 2.24) is 5.16 Å². The fourth-order valence-electron chi connectivity index (χ4n) is 1.45. The number of quaternary nitrogens is 1. The lowest BCUT2D eigenvalue weighted by atomic mass is 10.1. The van der Waals surface area contributed by atoms with Crippen LogP contribution < -0.4 is 10.1 Å². The smallest absolute Gasteiger partial charge is 0.263 e. The van der Waals surface area contributed by atoms with Gasteiger partial charge in [-0.25, -0.2) is 0 Å². The van der Waals surface area contributed by atoms with E-state index in [9.17, 15) is 0 Å². The Labute approximate surface area is 76.6 Å². The Balaban J connectivity index is 2.16. The number of nitrogens with zero attached hydrogens (tertiary/aromatic N) is 1. The van der Waals surface area contributed by atoms with Crippen molar-refractivity contribution in [1.29, 1.82) is 0 Å². The van der Waals surface area contributed by atoms with Crippen LogP contribution in [0.2, 0.25) is 0 Å². The molecule has 0 atom stereocenters. The first-order valence-electron chi connectivity index (χ1n) is 4.44. The molecule has 0 aromatic carbocycles. The number of nitrogens with two attached hydrogens (primary N) is 1. The molecule has 0 saturated heterocycles. The van der Waals surface area contributed by atoms with E-state index in [0.717, 1.165) is 30.8 Å². The Hall–Kier alpha value is -1.29. The van der Waals surface area contributed by atoms with E-state index in [2.05, 4.69) is 17.1 Å². The zero-order chi connectivity index (χ0) is 9.10. The van der Waals surface area contributed by atoms with Gasteiger partial charge in [0.2, 0.25) is 0 Å². The van der Waals surface area contributed by atoms with Gasteiger partial charge in [-0.05, 0) is 5.16 Å². The molecule has 0 bridgehead atoms. The predicted octanol–water partition coefficient (Wildman–Crippen LogP) is -0.141.